The average molecular weight is 506 g/mol. The molecule has 186 valence electrons. The van der Waals surface area contributed by atoms with Gasteiger partial charge in [-0.15, -0.1) is 15.0 Å². The highest BCUT2D eigenvalue weighted by Crippen LogP contribution is 2.40. The number of nitrogens with one attached hydrogen (secondary N) is 1. The summed E-state index contributed by atoms with van der Waals surface area (Å²) in [6.07, 6.45) is 5.28. The Kier molecular flexibility index (Phi) is 6.46. The van der Waals surface area contributed by atoms with Gasteiger partial charge in [0.25, 0.3) is 0 Å². The van der Waals surface area contributed by atoms with Gasteiger partial charge in [0.15, 0.2) is 0 Å². The Balaban J connectivity index is 1.59. The number of carbonyl (C=O) groups excluding carboxylic acids is 1. The Morgan fingerprint density at radius 3 is 2.42 bits per heavy atom. The summed E-state index contributed by atoms with van der Waals surface area (Å²) in [5.74, 6) is 5.18. The minimum atomic E-state index is -3.72. The van der Waals surface area contributed by atoms with Crippen LogP contribution in [-0.4, -0.2) is 34.4 Å². The number of phenolic OH excluding ortho intramolecular Hbond substituents is 1. The van der Waals surface area contributed by atoms with Gasteiger partial charge in [0.1, 0.15) is 22.5 Å². The van der Waals surface area contributed by atoms with Gasteiger partial charge in [0.2, 0.25) is 15.7 Å². The molecule has 0 atom stereocenters. The third-order valence-electron chi connectivity index (χ3n) is 6.68. The van der Waals surface area contributed by atoms with E-state index in [1.54, 1.807) is 42.5 Å². The van der Waals surface area contributed by atoms with Gasteiger partial charge in [-0.05, 0) is 66.3 Å². The molecule has 5 rings (SSSR count). The van der Waals surface area contributed by atoms with Crippen molar-refractivity contribution in [2.45, 2.75) is 54.2 Å². The number of nitrogens with two attached hydrogens (primary N) is 1. The summed E-state index contributed by atoms with van der Waals surface area (Å²) in [5, 5.41) is 20.2. The van der Waals surface area contributed by atoms with Crippen molar-refractivity contribution in [1.29, 1.82) is 0 Å². The number of aromatic nitrogens is 3. The van der Waals surface area contributed by atoms with Gasteiger partial charge in [0.05, 0.1) is 16.2 Å². The van der Waals surface area contributed by atoms with E-state index >= 15 is 0 Å². The summed E-state index contributed by atoms with van der Waals surface area (Å²) >= 11 is 0. The first kappa shape index (κ1) is 24.0. The Morgan fingerprint density at radius 2 is 1.69 bits per heavy atom. The van der Waals surface area contributed by atoms with Crippen molar-refractivity contribution in [3.8, 4) is 11.4 Å². The van der Waals surface area contributed by atoms with E-state index < -0.39 is 9.84 Å². The van der Waals surface area contributed by atoms with Gasteiger partial charge < -0.3 is 5.11 Å². The lowest BCUT2D eigenvalue weighted by Crippen LogP contribution is -2.31. The van der Waals surface area contributed by atoms with E-state index in [2.05, 4.69) is 15.6 Å². The molecule has 1 heterocycles. The van der Waals surface area contributed by atoms with Crippen molar-refractivity contribution < 1.29 is 18.3 Å². The summed E-state index contributed by atoms with van der Waals surface area (Å²) in [5.41, 5.74) is 4.77. The molecule has 0 bridgehead atoms. The predicted octanol–water partition coefficient (Wildman–Crippen LogP) is 3.54. The number of carbonyl (C=O) groups is 1. The average Bonchev–Trinajstić information content (AvgIpc) is 3.34. The van der Waals surface area contributed by atoms with Gasteiger partial charge in [-0.1, -0.05) is 43.5 Å². The molecule has 1 amide bonds. The predicted molar refractivity (Wildman–Crippen MR) is 134 cm³/mol. The molecule has 1 aliphatic carbocycles. The molecular weight excluding hydrogens is 478 g/mol. The fourth-order valence-electron chi connectivity index (χ4n) is 4.82. The number of hydrazine groups is 1. The lowest BCUT2D eigenvalue weighted by Gasteiger charge is -2.24. The van der Waals surface area contributed by atoms with Gasteiger partial charge in [0, 0.05) is 0 Å². The Bertz CT molecular complexity index is 1530. The molecule has 4 aromatic rings. The molecule has 36 heavy (non-hydrogen) atoms. The summed E-state index contributed by atoms with van der Waals surface area (Å²) in [7, 11) is -3.72. The van der Waals surface area contributed by atoms with Gasteiger partial charge in [-0.3, -0.25) is 10.2 Å². The van der Waals surface area contributed by atoms with E-state index in [4.69, 9.17) is 5.84 Å². The second-order valence-corrected chi connectivity index (χ2v) is 11.0. The molecule has 9 nitrogen and oxygen atoms in total. The first-order valence-electron chi connectivity index (χ1n) is 11.9. The van der Waals surface area contributed by atoms with E-state index in [1.807, 2.05) is 6.07 Å². The van der Waals surface area contributed by atoms with Crippen molar-refractivity contribution in [3.05, 3.63) is 71.8 Å². The molecule has 1 saturated carbocycles. The first-order chi connectivity index (χ1) is 17.4. The highest BCUT2D eigenvalue weighted by Gasteiger charge is 2.24. The number of hydrogen-bond acceptors (Lipinski definition) is 7. The zero-order chi connectivity index (χ0) is 25.3. The second-order valence-electron chi connectivity index (χ2n) is 9.09. The molecule has 1 aromatic heterocycles. The van der Waals surface area contributed by atoms with Crippen LogP contribution in [-0.2, 0) is 21.1 Å². The quantitative estimate of drug-likeness (QED) is 0.207. The zero-order valence-corrected chi connectivity index (χ0v) is 20.4. The number of benzene rings is 3. The number of rotatable bonds is 6. The molecule has 10 heteroatoms. The molecule has 1 fully saturated rings. The van der Waals surface area contributed by atoms with Gasteiger partial charge in [-0.2, -0.15) is 0 Å². The third kappa shape index (κ3) is 4.57. The van der Waals surface area contributed by atoms with Gasteiger partial charge in [-0.25, -0.2) is 14.3 Å². The van der Waals surface area contributed by atoms with Gasteiger partial charge >= 0.3 is 0 Å². The maximum absolute atomic E-state index is 13.1. The standard InChI is InChI=1S/C26H27N5O4S/c27-28-25(32)15-17-13-21(18-7-3-1-4-8-18)26(33)24(14-17)31-29-22-12-11-20(16-23(22)30-31)36(34,35)19-9-5-2-6-10-19/h2,5-6,9-14,16,18,33H,1,3-4,7-8,15,27H2,(H,28,32). The summed E-state index contributed by atoms with van der Waals surface area (Å²) < 4.78 is 26.1. The molecule has 4 N–H and O–H groups in total. The molecule has 1 aliphatic rings. The minimum Gasteiger partial charge on any atom is -0.505 e. The van der Waals surface area contributed by atoms with Crippen LogP contribution in [0.25, 0.3) is 16.7 Å². The van der Waals surface area contributed by atoms with Crippen LogP contribution in [0.4, 0.5) is 0 Å². The fourth-order valence-corrected chi connectivity index (χ4v) is 6.12. The molecule has 3 aromatic carbocycles. The normalized spacial score (nSPS) is 14.7. The summed E-state index contributed by atoms with van der Waals surface area (Å²) in [4.78, 5) is 13.6. The number of phenols is 1. The summed E-state index contributed by atoms with van der Waals surface area (Å²) in [6, 6.07) is 16.3. The van der Waals surface area contributed by atoms with Crippen molar-refractivity contribution in [2.75, 3.05) is 0 Å². The lowest BCUT2D eigenvalue weighted by molar-refractivity contribution is -0.120. The van der Waals surface area contributed by atoms with Crippen LogP contribution in [0.5, 0.6) is 5.75 Å². The van der Waals surface area contributed by atoms with E-state index in [0.29, 0.717) is 22.3 Å². The van der Waals surface area contributed by atoms with Crippen molar-refractivity contribution >= 4 is 26.8 Å². The van der Waals surface area contributed by atoms with E-state index in [9.17, 15) is 18.3 Å². The van der Waals surface area contributed by atoms with E-state index in [1.165, 1.54) is 23.4 Å². The fraction of sp³-hybridized carbons (Fsp3) is 0.269. The monoisotopic (exact) mass is 505 g/mol. The lowest BCUT2D eigenvalue weighted by atomic mass is 9.82. The van der Waals surface area contributed by atoms with Crippen molar-refractivity contribution in [3.63, 3.8) is 0 Å². The van der Waals surface area contributed by atoms with Crippen molar-refractivity contribution in [1.82, 2.24) is 20.4 Å². The van der Waals surface area contributed by atoms with Crippen LogP contribution in [0, 0.1) is 0 Å². The molecule has 0 radical (unpaired) electrons. The SMILES string of the molecule is NNC(=O)Cc1cc(C2CCCCC2)c(O)c(-n2nc3ccc(S(=O)(=O)c4ccccc4)cc3n2)c1. The highest BCUT2D eigenvalue weighted by atomic mass is 32.2. The van der Waals surface area contributed by atoms with Crippen LogP contribution < -0.4 is 11.3 Å². The zero-order valence-electron chi connectivity index (χ0n) is 19.6. The number of aromatic hydroxyl groups is 1. The Hall–Kier alpha value is -3.76. The van der Waals surface area contributed by atoms with Crippen molar-refractivity contribution in [2.24, 2.45) is 5.84 Å². The van der Waals surface area contributed by atoms with Crippen LogP contribution in [0.3, 0.4) is 0 Å². The largest absolute Gasteiger partial charge is 0.505 e. The third-order valence-corrected chi connectivity index (χ3v) is 8.45. The summed E-state index contributed by atoms with van der Waals surface area (Å²) in [6.45, 7) is 0. The highest BCUT2D eigenvalue weighted by molar-refractivity contribution is 7.91. The Morgan fingerprint density at radius 1 is 0.972 bits per heavy atom. The van der Waals surface area contributed by atoms with Crippen LogP contribution in [0.1, 0.15) is 49.1 Å². The number of sulfone groups is 1. The van der Waals surface area contributed by atoms with E-state index in [0.717, 1.165) is 31.2 Å². The Labute approximate surface area is 208 Å². The molecule has 0 saturated heterocycles. The minimum absolute atomic E-state index is 0.0454. The number of fused-ring (bicyclic) bond motifs is 1. The second kappa shape index (κ2) is 9.71. The molecule has 0 unspecified atom stereocenters. The number of nitrogens with zero attached hydrogens (tertiary/aromatic N) is 3. The first-order valence-corrected chi connectivity index (χ1v) is 13.4. The maximum atomic E-state index is 13.1. The maximum Gasteiger partial charge on any atom is 0.238 e. The number of amides is 1. The molecule has 0 aliphatic heterocycles. The van der Waals surface area contributed by atoms with Crippen LogP contribution in [0.15, 0.2) is 70.5 Å². The van der Waals surface area contributed by atoms with Crippen LogP contribution in [0.2, 0.25) is 0 Å². The molecule has 0 spiro atoms. The molecular formula is C26H27N5O4S. The number of hydrogen-bond donors (Lipinski definition) is 3. The smallest absolute Gasteiger partial charge is 0.238 e. The van der Waals surface area contributed by atoms with Crippen LogP contribution >= 0.6 is 0 Å². The van der Waals surface area contributed by atoms with E-state index in [-0.39, 0.29) is 33.8 Å². The topological polar surface area (TPSA) is 140 Å².